The van der Waals surface area contributed by atoms with Crippen LogP contribution in [0.2, 0.25) is 0 Å². The van der Waals surface area contributed by atoms with Gasteiger partial charge in [0.2, 0.25) is 5.91 Å². The predicted molar refractivity (Wildman–Crippen MR) is 97.9 cm³/mol. The maximum atomic E-state index is 12.6. The maximum Gasteiger partial charge on any atom is 0.251 e. The highest BCUT2D eigenvalue weighted by atomic mass is 32.1. The highest BCUT2D eigenvalue weighted by Crippen LogP contribution is 2.38. The van der Waals surface area contributed by atoms with Gasteiger partial charge in [0.05, 0.1) is 12.1 Å². The third kappa shape index (κ3) is 2.87. The molecule has 0 aromatic carbocycles. The topological polar surface area (TPSA) is 80.4 Å². The second-order valence-corrected chi connectivity index (χ2v) is 7.85. The summed E-state index contributed by atoms with van der Waals surface area (Å²) in [6.07, 6.45) is 4.98. The van der Waals surface area contributed by atoms with Crippen LogP contribution in [0.1, 0.15) is 45.9 Å². The number of carbonyl (C=O) groups excluding carboxylic acids is 2. The lowest BCUT2D eigenvalue weighted by Crippen LogP contribution is -2.41. The van der Waals surface area contributed by atoms with Crippen molar-refractivity contribution in [2.45, 2.75) is 38.8 Å². The summed E-state index contributed by atoms with van der Waals surface area (Å²) in [5.41, 5.74) is 8.35. The highest BCUT2D eigenvalue weighted by molar-refractivity contribution is 7.17. The van der Waals surface area contributed by atoms with Gasteiger partial charge in [-0.15, -0.1) is 11.3 Å². The first-order chi connectivity index (χ1) is 12.0. The Labute approximate surface area is 150 Å². The number of amides is 2. The molecule has 0 spiro atoms. The molecule has 0 fully saturated rings. The number of aromatic nitrogens is 1. The van der Waals surface area contributed by atoms with Crippen LogP contribution in [0.25, 0.3) is 0 Å². The van der Waals surface area contributed by atoms with Crippen LogP contribution in [0.5, 0.6) is 0 Å². The molecule has 0 saturated carbocycles. The molecule has 7 heteroatoms. The van der Waals surface area contributed by atoms with Gasteiger partial charge in [-0.3, -0.25) is 14.5 Å². The average Bonchev–Trinajstić information content (AvgIpc) is 3.24. The molecule has 1 unspecified atom stereocenters. The van der Waals surface area contributed by atoms with Crippen LogP contribution in [0.15, 0.2) is 18.3 Å². The van der Waals surface area contributed by atoms with Crippen molar-refractivity contribution < 1.29 is 9.59 Å². The quantitative estimate of drug-likeness (QED) is 0.879. The van der Waals surface area contributed by atoms with Gasteiger partial charge >= 0.3 is 0 Å². The molecule has 1 aliphatic carbocycles. The second kappa shape index (κ2) is 6.31. The molecular formula is C18H22N4O2S. The van der Waals surface area contributed by atoms with Crippen LogP contribution in [0.3, 0.4) is 0 Å². The Morgan fingerprint density at radius 2 is 2.20 bits per heavy atom. The minimum atomic E-state index is -0.445. The normalized spacial score (nSPS) is 19.5. The van der Waals surface area contributed by atoms with Gasteiger partial charge in [-0.1, -0.05) is 0 Å². The fourth-order valence-corrected chi connectivity index (χ4v) is 5.26. The molecule has 132 valence electrons. The number of hydrogen-bond donors (Lipinski definition) is 2. The molecule has 2 aliphatic rings. The lowest BCUT2D eigenvalue weighted by molar-refractivity contribution is -0.118. The first-order valence-electron chi connectivity index (χ1n) is 8.68. The van der Waals surface area contributed by atoms with Crippen LogP contribution in [0.4, 0.5) is 5.00 Å². The first kappa shape index (κ1) is 16.4. The van der Waals surface area contributed by atoms with Crippen LogP contribution >= 0.6 is 11.3 Å². The molecule has 3 N–H and O–H groups in total. The van der Waals surface area contributed by atoms with E-state index in [9.17, 15) is 9.59 Å². The van der Waals surface area contributed by atoms with E-state index in [0.717, 1.165) is 37.9 Å². The fourth-order valence-electron chi connectivity index (χ4n) is 3.95. The van der Waals surface area contributed by atoms with Gasteiger partial charge in [0.15, 0.2) is 0 Å². The molecule has 2 amide bonds. The summed E-state index contributed by atoms with van der Waals surface area (Å²) < 4.78 is 2.23. The summed E-state index contributed by atoms with van der Waals surface area (Å²) in [6.45, 7) is 4.15. The zero-order chi connectivity index (χ0) is 17.6. The number of hydrogen-bond acceptors (Lipinski definition) is 4. The number of nitrogens with one attached hydrogen (secondary N) is 1. The van der Waals surface area contributed by atoms with E-state index in [1.54, 1.807) is 0 Å². The molecule has 25 heavy (non-hydrogen) atoms. The van der Waals surface area contributed by atoms with E-state index in [1.165, 1.54) is 21.9 Å². The van der Waals surface area contributed by atoms with E-state index in [0.29, 0.717) is 17.1 Å². The Kier molecular flexibility index (Phi) is 4.13. The van der Waals surface area contributed by atoms with Crippen molar-refractivity contribution in [2.24, 2.45) is 5.73 Å². The molecule has 1 aliphatic heterocycles. The van der Waals surface area contributed by atoms with Gasteiger partial charge < -0.3 is 15.6 Å². The summed E-state index contributed by atoms with van der Waals surface area (Å²) in [5.74, 6) is -0.534. The van der Waals surface area contributed by atoms with E-state index < -0.39 is 5.91 Å². The number of fused-ring (bicyclic) bond motifs is 2. The van der Waals surface area contributed by atoms with Gasteiger partial charge in [-0.2, -0.15) is 0 Å². The number of nitrogens with two attached hydrogens (primary N) is 1. The molecule has 0 saturated heterocycles. The smallest absolute Gasteiger partial charge is 0.251 e. The lowest BCUT2D eigenvalue weighted by atomic mass is 10.1. The van der Waals surface area contributed by atoms with Crippen molar-refractivity contribution in [2.75, 3.05) is 18.4 Å². The molecule has 6 nitrogen and oxygen atoms in total. The zero-order valence-corrected chi connectivity index (χ0v) is 15.1. The first-order valence-corrected chi connectivity index (χ1v) is 9.49. The third-order valence-corrected chi connectivity index (χ3v) is 6.44. The molecule has 4 rings (SSSR count). The third-order valence-electron chi connectivity index (χ3n) is 5.24. The van der Waals surface area contributed by atoms with E-state index in [4.69, 9.17) is 5.73 Å². The van der Waals surface area contributed by atoms with Gasteiger partial charge in [0.25, 0.3) is 5.91 Å². The minimum Gasteiger partial charge on any atom is -0.365 e. The monoisotopic (exact) mass is 358 g/mol. The van der Waals surface area contributed by atoms with Crippen molar-refractivity contribution in [1.82, 2.24) is 9.47 Å². The summed E-state index contributed by atoms with van der Waals surface area (Å²) in [4.78, 5) is 27.8. The van der Waals surface area contributed by atoms with E-state index >= 15 is 0 Å². The van der Waals surface area contributed by atoms with Gasteiger partial charge in [-0.05, 0) is 43.9 Å². The second-order valence-electron chi connectivity index (χ2n) is 6.75. The summed E-state index contributed by atoms with van der Waals surface area (Å²) in [7, 11) is 0. The van der Waals surface area contributed by atoms with E-state index in [-0.39, 0.29) is 11.9 Å². The number of primary amides is 1. The molecule has 2 aromatic rings. The summed E-state index contributed by atoms with van der Waals surface area (Å²) in [6, 6.07) is 4.34. The van der Waals surface area contributed by atoms with Crippen LogP contribution in [-0.4, -0.2) is 34.4 Å². The predicted octanol–water partition coefficient (Wildman–Crippen LogP) is 2.15. The summed E-state index contributed by atoms with van der Waals surface area (Å²) >= 11 is 1.50. The van der Waals surface area contributed by atoms with Crippen LogP contribution < -0.4 is 11.1 Å². The van der Waals surface area contributed by atoms with Crippen molar-refractivity contribution in [3.8, 4) is 0 Å². The van der Waals surface area contributed by atoms with Crippen molar-refractivity contribution in [3.63, 3.8) is 0 Å². The average molecular weight is 358 g/mol. The Hall–Kier alpha value is -2.12. The highest BCUT2D eigenvalue weighted by Gasteiger charge is 2.28. The molecule has 0 radical (unpaired) electrons. The largest absolute Gasteiger partial charge is 0.365 e. The van der Waals surface area contributed by atoms with Crippen LogP contribution in [0, 0.1) is 0 Å². The van der Waals surface area contributed by atoms with Gasteiger partial charge in [0, 0.05) is 35.9 Å². The van der Waals surface area contributed by atoms with Gasteiger partial charge in [0.1, 0.15) is 5.00 Å². The number of rotatable bonds is 4. The Balaban J connectivity index is 1.48. The van der Waals surface area contributed by atoms with Crippen molar-refractivity contribution in [1.29, 1.82) is 0 Å². The number of anilines is 1. The van der Waals surface area contributed by atoms with Crippen molar-refractivity contribution in [3.05, 3.63) is 40.0 Å². The Morgan fingerprint density at radius 1 is 1.36 bits per heavy atom. The van der Waals surface area contributed by atoms with Crippen LogP contribution in [-0.2, 0) is 24.2 Å². The van der Waals surface area contributed by atoms with E-state index in [1.807, 2.05) is 6.07 Å². The molecule has 0 bridgehead atoms. The molecule has 1 atom stereocenters. The van der Waals surface area contributed by atoms with Gasteiger partial charge in [-0.25, -0.2) is 0 Å². The minimum absolute atomic E-state index is 0.0886. The van der Waals surface area contributed by atoms with E-state index in [2.05, 4.69) is 34.0 Å². The lowest BCUT2D eigenvalue weighted by Gasteiger charge is -2.34. The fraction of sp³-hybridized carbons (Fsp3) is 0.444. The number of thiophene rings is 1. The Morgan fingerprint density at radius 3 is 3.00 bits per heavy atom. The Bertz CT molecular complexity index is 838. The number of aryl methyl sites for hydroxylation is 1. The standard InChI is InChI=1S/C18H22N4O2S/c1-11-13-5-3-7-21(13)8-9-22(11)10-15(23)20-18-16(17(19)24)12-4-2-6-14(12)25-18/h3,5,7,11H,2,4,6,8-10H2,1H3,(H2,19,24)(H,20,23). The van der Waals surface area contributed by atoms with Crippen molar-refractivity contribution >= 4 is 28.2 Å². The molecule has 2 aromatic heterocycles. The molecule has 3 heterocycles. The SMILES string of the molecule is CC1c2cccn2CCN1CC(=O)Nc1sc2c(c1C(N)=O)CCC2. The number of carbonyl (C=O) groups is 2. The molecular weight excluding hydrogens is 336 g/mol. The summed E-state index contributed by atoms with van der Waals surface area (Å²) in [5, 5.41) is 3.56. The maximum absolute atomic E-state index is 12.6. The zero-order valence-electron chi connectivity index (χ0n) is 14.2. The number of nitrogens with zero attached hydrogens (tertiary/aromatic N) is 2.